The van der Waals surface area contributed by atoms with Gasteiger partial charge in [0.05, 0.1) is 6.04 Å². The number of aryl methyl sites for hydroxylation is 1. The first-order chi connectivity index (χ1) is 10.2. The lowest BCUT2D eigenvalue weighted by atomic mass is 10.1. The Kier molecular flexibility index (Phi) is 3.62. The number of rotatable bonds is 4. The summed E-state index contributed by atoms with van der Waals surface area (Å²) < 4.78 is 12.3. The van der Waals surface area contributed by atoms with Crippen molar-refractivity contribution >= 4 is 0 Å². The van der Waals surface area contributed by atoms with Gasteiger partial charge in [0.2, 0.25) is 6.79 Å². The van der Waals surface area contributed by atoms with E-state index in [1.54, 1.807) is 10.8 Å². The summed E-state index contributed by atoms with van der Waals surface area (Å²) in [4.78, 5) is 15.7. The minimum Gasteiger partial charge on any atom is -0.454 e. The Morgan fingerprint density at radius 3 is 3.00 bits per heavy atom. The van der Waals surface area contributed by atoms with E-state index >= 15 is 0 Å². The second-order valence-electron chi connectivity index (χ2n) is 5.02. The van der Waals surface area contributed by atoms with Gasteiger partial charge in [-0.2, -0.15) is 0 Å². The number of nitrogens with one attached hydrogen (secondary N) is 1. The zero-order chi connectivity index (χ0) is 14.8. The van der Waals surface area contributed by atoms with E-state index in [4.69, 9.17) is 9.47 Å². The van der Waals surface area contributed by atoms with E-state index in [2.05, 4.69) is 10.3 Å². The predicted octanol–water partition coefficient (Wildman–Crippen LogP) is 1.24. The molecule has 1 aliphatic heterocycles. The highest BCUT2D eigenvalue weighted by atomic mass is 16.7. The van der Waals surface area contributed by atoms with Gasteiger partial charge in [-0.25, -0.2) is 9.78 Å². The van der Waals surface area contributed by atoms with Crippen LogP contribution in [0.5, 0.6) is 11.5 Å². The first kappa shape index (κ1) is 13.6. The van der Waals surface area contributed by atoms with Crippen molar-refractivity contribution in [2.45, 2.75) is 19.5 Å². The van der Waals surface area contributed by atoms with Crippen LogP contribution in [0.25, 0.3) is 0 Å². The third-order valence-electron chi connectivity index (χ3n) is 3.51. The molecule has 1 aliphatic rings. The van der Waals surface area contributed by atoms with Gasteiger partial charge in [0.25, 0.3) is 0 Å². The Labute approximate surface area is 122 Å². The van der Waals surface area contributed by atoms with E-state index in [0.717, 1.165) is 22.6 Å². The summed E-state index contributed by atoms with van der Waals surface area (Å²) in [5, 5.41) is 3.22. The second kappa shape index (κ2) is 5.57. The van der Waals surface area contributed by atoms with Gasteiger partial charge in [0.1, 0.15) is 0 Å². The van der Waals surface area contributed by atoms with Crippen molar-refractivity contribution in [3.05, 3.63) is 52.2 Å². The normalized spacial score (nSPS) is 14.2. The van der Waals surface area contributed by atoms with Gasteiger partial charge in [-0.15, -0.1) is 0 Å². The van der Waals surface area contributed by atoms with Crippen LogP contribution in [0.2, 0.25) is 0 Å². The summed E-state index contributed by atoms with van der Waals surface area (Å²) in [5.74, 6) is 1.49. The third-order valence-corrected chi connectivity index (χ3v) is 3.51. The molecule has 6 heteroatoms. The van der Waals surface area contributed by atoms with Crippen LogP contribution in [-0.2, 0) is 6.54 Å². The van der Waals surface area contributed by atoms with Crippen LogP contribution < -0.4 is 20.5 Å². The Morgan fingerprint density at radius 2 is 2.19 bits per heavy atom. The molecule has 0 amide bonds. The van der Waals surface area contributed by atoms with Gasteiger partial charge in [-0.05, 0) is 37.2 Å². The number of nitrogens with zero attached hydrogens (tertiary/aromatic N) is 2. The number of likely N-dealkylation sites (N-methyl/N-ethyl adjacent to an activating group) is 1. The number of benzene rings is 1. The molecule has 1 aromatic heterocycles. The Bertz CT molecular complexity index is 712. The number of hydrogen-bond acceptors (Lipinski definition) is 5. The van der Waals surface area contributed by atoms with Gasteiger partial charge in [0.15, 0.2) is 11.5 Å². The highest BCUT2D eigenvalue weighted by Gasteiger charge is 2.17. The number of hydrogen-bond donors (Lipinski definition) is 1. The molecule has 2 heterocycles. The average Bonchev–Trinajstić information content (AvgIpc) is 2.95. The van der Waals surface area contributed by atoms with Gasteiger partial charge in [-0.3, -0.25) is 4.57 Å². The highest BCUT2D eigenvalue weighted by molar-refractivity contribution is 5.45. The highest BCUT2D eigenvalue weighted by Crippen LogP contribution is 2.34. The van der Waals surface area contributed by atoms with E-state index in [0.29, 0.717) is 6.54 Å². The van der Waals surface area contributed by atoms with Crippen molar-refractivity contribution in [2.75, 3.05) is 13.8 Å². The van der Waals surface area contributed by atoms with Crippen molar-refractivity contribution in [2.24, 2.45) is 0 Å². The van der Waals surface area contributed by atoms with Crippen molar-refractivity contribution in [1.29, 1.82) is 0 Å². The zero-order valence-electron chi connectivity index (χ0n) is 12.0. The van der Waals surface area contributed by atoms with Crippen molar-refractivity contribution in [3.63, 3.8) is 0 Å². The van der Waals surface area contributed by atoms with Crippen LogP contribution in [0, 0.1) is 6.92 Å². The smallest absolute Gasteiger partial charge is 0.347 e. The summed E-state index contributed by atoms with van der Waals surface area (Å²) in [6.45, 7) is 2.67. The molecule has 3 rings (SSSR count). The maximum absolute atomic E-state index is 11.8. The molecule has 1 atom stereocenters. The summed E-state index contributed by atoms with van der Waals surface area (Å²) in [6, 6.07) is 5.79. The molecular formula is C15H17N3O3. The van der Waals surface area contributed by atoms with E-state index in [1.807, 2.05) is 38.4 Å². The second-order valence-corrected chi connectivity index (χ2v) is 5.02. The molecule has 110 valence electrons. The standard InChI is InChI=1S/C15H17N3O3/c1-10-6-17-15(19)18(7-10)8-12(16-2)11-3-4-13-14(5-11)21-9-20-13/h3-7,12,16H,8-9H2,1-2H3. The molecule has 2 aromatic rings. The van der Waals surface area contributed by atoms with Crippen LogP contribution in [0.15, 0.2) is 35.4 Å². The van der Waals surface area contributed by atoms with E-state index in [9.17, 15) is 4.79 Å². The quantitative estimate of drug-likeness (QED) is 0.916. The monoisotopic (exact) mass is 287 g/mol. The van der Waals surface area contributed by atoms with Crippen molar-refractivity contribution < 1.29 is 9.47 Å². The van der Waals surface area contributed by atoms with E-state index in [1.165, 1.54) is 0 Å². The van der Waals surface area contributed by atoms with Crippen molar-refractivity contribution in [1.82, 2.24) is 14.9 Å². The largest absolute Gasteiger partial charge is 0.454 e. The third kappa shape index (κ3) is 2.75. The Balaban J connectivity index is 1.88. The van der Waals surface area contributed by atoms with Crippen LogP contribution >= 0.6 is 0 Å². The summed E-state index contributed by atoms with van der Waals surface area (Å²) >= 11 is 0. The fraction of sp³-hybridized carbons (Fsp3) is 0.333. The minimum atomic E-state index is -0.249. The van der Waals surface area contributed by atoms with E-state index in [-0.39, 0.29) is 18.5 Å². The molecule has 0 saturated heterocycles. The summed E-state index contributed by atoms with van der Waals surface area (Å²) in [6.07, 6.45) is 3.39. The lowest BCUT2D eigenvalue weighted by Crippen LogP contribution is -2.29. The molecule has 0 fully saturated rings. The first-order valence-electron chi connectivity index (χ1n) is 6.77. The topological polar surface area (TPSA) is 65.4 Å². The fourth-order valence-corrected chi connectivity index (χ4v) is 2.39. The molecular weight excluding hydrogens is 270 g/mol. The molecule has 0 aliphatic carbocycles. The van der Waals surface area contributed by atoms with Gasteiger partial charge >= 0.3 is 5.69 Å². The van der Waals surface area contributed by atoms with Crippen LogP contribution in [0.1, 0.15) is 17.2 Å². The molecule has 6 nitrogen and oxygen atoms in total. The molecule has 21 heavy (non-hydrogen) atoms. The maximum atomic E-state index is 11.8. The Hall–Kier alpha value is -2.34. The molecule has 1 aromatic carbocycles. The van der Waals surface area contributed by atoms with Crippen LogP contribution in [-0.4, -0.2) is 23.4 Å². The van der Waals surface area contributed by atoms with Crippen LogP contribution in [0.4, 0.5) is 0 Å². The molecule has 1 unspecified atom stereocenters. The lowest BCUT2D eigenvalue weighted by Gasteiger charge is -2.18. The van der Waals surface area contributed by atoms with Gasteiger partial charge in [-0.1, -0.05) is 6.07 Å². The average molecular weight is 287 g/mol. The van der Waals surface area contributed by atoms with Gasteiger partial charge in [0, 0.05) is 18.9 Å². The van der Waals surface area contributed by atoms with Gasteiger partial charge < -0.3 is 14.8 Å². The fourth-order valence-electron chi connectivity index (χ4n) is 2.39. The zero-order valence-corrected chi connectivity index (χ0v) is 12.0. The first-order valence-corrected chi connectivity index (χ1v) is 6.77. The SMILES string of the molecule is CNC(Cn1cc(C)cnc1=O)c1ccc2c(c1)OCO2. The van der Waals surface area contributed by atoms with E-state index < -0.39 is 0 Å². The molecule has 1 N–H and O–H groups in total. The molecule has 0 saturated carbocycles. The van der Waals surface area contributed by atoms with Crippen molar-refractivity contribution in [3.8, 4) is 11.5 Å². The summed E-state index contributed by atoms with van der Waals surface area (Å²) in [7, 11) is 1.86. The Morgan fingerprint density at radius 1 is 1.38 bits per heavy atom. The number of ether oxygens (including phenoxy) is 2. The number of aromatic nitrogens is 2. The molecule has 0 radical (unpaired) electrons. The molecule has 0 spiro atoms. The predicted molar refractivity (Wildman–Crippen MR) is 77.6 cm³/mol. The maximum Gasteiger partial charge on any atom is 0.347 e. The minimum absolute atomic E-state index is 0.0131. The number of fused-ring (bicyclic) bond motifs is 1. The summed E-state index contributed by atoms with van der Waals surface area (Å²) in [5.41, 5.74) is 1.74. The molecule has 0 bridgehead atoms. The van der Waals surface area contributed by atoms with Crippen LogP contribution in [0.3, 0.4) is 0 Å². The lowest BCUT2D eigenvalue weighted by molar-refractivity contribution is 0.174.